The third-order valence-electron chi connectivity index (χ3n) is 3.17. The first-order chi connectivity index (χ1) is 7.57. The smallest absolute Gasteiger partial charge is 0.231 e. The zero-order valence-corrected chi connectivity index (χ0v) is 9.22. The number of anilines is 1. The van der Waals surface area contributed by atoms with Gasteiger partial charge in [0.05, 0.1) is 5.41 Å². The zero-order chi connectivity index (χ0) is 11.8. The highest BCUT2D eigenvalue weighted by atomic mass is 19.1. The highest BCUT2D eigenvalue weighted by Gasteiger charge is 2.48. The Morgan fingerprint density at radius 1 is 1.56 bits per heavy atom. The second-order valence-corrected chi connectivity index (χ2v) is 4.40. The Hall–Kier alpha value is -1.42. The van der Waals surface area contributed by atoms with Crippen LogP contribution in [0.15, 0.2) is 18.2 Å². The maximum Gasteiger partial charge on any atom is 0.231 e. The molecule has 0 aromatic heterocycles. The van der Waals surface area contributed by atoms with Crippen molar-refractivity contribution in [2.75, 3.05) is 11.9 Å². The van der Waals surface area contributed by atoms with E-state index in [2.05, 4.69) is 5.32 Å². The third-order valence-corrected chi connectivity index (χ3v) is 3.17. The molecule has 0 heterocycles. The molecule has 4 heteroatoms. The van der Waals surface area contributed by atoms with E-state index in [0.717, 1.165) is 18.4 Å². The van der Waals surface area contributed by atoms with Crippen LogP contribution in [0.3, 0.4) is 0 Å². The lowest BCUT2D eigenvalue weighted by molar-refractivity contribution is -0.120. The molecule has 0 unspecified atom stereocenters. The molecule has 3 N–H and O–H groups in total. The minimum atomic E-state index is -0.404. The van der Waals surface area contributed by atoms with Crippen LogP contribution in [-0.4, -0.2) is 12.5 Å². The molecule has 1 aliphatic rings. The van der Waals surface area contributed by atoms with E-state index >= 15 is 0 Å². The van der Waals surface area contributed by atoms with Crippen molar-refractivity contribution < 1.29 is 9.18 Å². The Balaban J connectivity index is 2.15. The second kappa shape index (κ2) is 3.87. The lowest BCUT2D eigenvalue weighted by atomic mass is 10.1. The monoisotopic (exact) mass is 222 g/mol. The third kappa shape index (κ3) is 1.93. The van der Waals surface area contributed by atoms with E-state index in [-0.39, 0.29) is 11.7 Å². The number of halogens is 1. The van der Waals surface area contributed by atoms with Crippen molar-refractivity contribution in [3.8, 4) is 0 Å². The molecule has 1 aromatic carbocycles. The van der Waals surface area contributed by atoms with Gasteiger partial charge in [0.2, 0.25) is 5.91 Å². The van der Waals surface area contributed by atoms with Gasteiger partial charge < -0.3 is 11.1 Å². The Kier molecular flexibility index (Phi) is 2.68. The van der Waals surface area contributed by atoms with Crippen molar-refractivity contribution in [1.82, 2.24) is 0 Å². The standard InChI is InChI=1S/C12H15FN2O/c1-8-2-3-9(13)6-10(8)15-11(16)12(7-14)4-5-12/h2-3,6H,4-5,7,14H2,1H3,(H,15,16). The lowest BCUT2D eigenvalue weighted by Gasteiger charge is -2.14. The number of benzene rings is 1. The van der Waals surface area contributed by atoms with E-state index in [1.807, 2.05) is 6.92 Å². The number of amides is 1. The highest BCUT2D eigenvalue weighted by molar-refractivity contribution is 5.97. The normalized spacial score (nSPS) is 16.9. The molecule has 0 spiro atoms. The van der Waals surface area contributed by atoms with Gasteiger partial charge in [-0.3, -0.25) is 4.79 Å². The number of carbonyl (C=O) groups is 1. The van der Waals surface area contributed by atoms with Gasteiger partial charge in [0, 0.05) is 12.2 Å². The molecule has 0 bridgehead atoms. The summed E-state index contributed by atoms with van der Waals surface area (Å²) in [6, 6.07) is 4.35. The Morgan fingerprint density at radius 3 is 2.81 bits per heavy atom. The van der Waals surface area contributed by atoms with Crippen molar-refractivity contribution >= 4 is 11.6 Å². The minimum Gasteiger partial charge on any atom is -0.329 e. The van der Waals surface area contributed by atoms with Crippen molar-refractivity contribution in [3.63, 3.8) is 0 Å². The number of rotatable bonds is 3. The lowest BCUT2D eigenvalue weighted by Crippen LogP contribution is -2.31. The molecule has 0 aliphatic heterocycles. The van der Waals surface area contributed by atoms with Crippen LogP contribution in [-0.2, 0) is 4.79 Å². The average Bonchev–Trinajstić information content (AvgIpc) is 3.04. The molecule has 0 radical (unpaired) electrons. The molecule has 1 amide bonds. The summed E-state index contributed by atoms with van der Waals surface area (Å²) in [6.45, 7) is 2.18. The predicted molar refractivity (Wildman–Crippen MR) is 60.5 cm³/mol. The van der Waals surface area contributed by atoms with Gasteiger partial charge >= 0.3 is 0 Å². The van der Waals surface area contributed by atoms with E-state index in [1.54, 1.807) is 6.07 Å². The number of nitrogens with two attached hydrogens (primary N) is 1. The largest absolute Gasteiger partial charge is 0.329 e. The Morgan fingerprint density at radius 2 is 2.25 bits per heavy atom. The van der Waals surface area contributed by atoms with Crippen molar-refractivity contribution in [3.05, 3.63) is 29.6 Å². The molecule has 16 heavy (non-hydrogen) atoms. The summed E-state index contributed by atoms with van der Waals surface area (Å²) in [5, 5.41) is 2.75. The minimum absolute atomic E-state index is 0.0938. The van der Waals surface area contributed by atoms with Crippen LogP contribution in [0.5, 0.6) is 0 Å². The molecule has 2 rings (SSSR count). The van der Waals surface area contributed by atoms with Crippen molar-refractivity contribution in [2.45, 2.75) is 19.8 Å². The van der Waals surface area contributed by atoms with Gasteiger partial charge in [-0.15, -0.1) is 0 Å². The first-order valence-corrected chi connectivity index (χ1v) is 5.35. The maximum absolute atomic E-state index is 13.0. The van der Waals surface area contributed by atoms with Crippen LogP contribution in [0.1, 0.15) is 18.4 Å². The fourth-order valence-corrected chi connectivity index (χ4v) is 1.66. The highest BCUT2D eigenvalue weighted by Crippen LogP contribution is 2.45. The molecule has 1 fully saturated rings. The first-order valence-electron chi connectivity index (χ1n) is 5.35. The van der Waals surface area contributed by atoms with E-state index in [9.17, 15) is 9.18 Å². The van der Waals surface area contributed by atoms with Gasteiger partial charge in [-0.2, -0.15) is 0 Å². The summed E-state index contributed by atoms with van der Waals surface area (Å²) < 4.78 is 13.0. The number of carbonyl (C=O) groups excluding carboxylic acids is 1. The van der Waals surface area contributed by atoms with Crippen LogP contribution < -0.4 is 11.1 Å². The molecule has 1 saturated carbocycles. The second-order valence-electron chi connectivity index (χ2n) is 4.40. The summed E-state index contributed by atoms with van der Waals surface area (Å²) in [6.07, 6.45) is 1.65. The topological polar surface area (TPSA) is 55.1 Å². The van der Waals surface area contributed by atoms with E-state index in [4.69, 9.17) is 5.73 Å². The predicted octanol–water partition coefficient (Wildman–Crippen LogP) is 1.81. The SMILES string of the molecule is Cc1ccc(F)cc1NC(=O)C1(CN)CC1. The van der Waals surface area contributed by atoms with Crippen molar-refractivity contribution in [1.29, 1.82) is 0 Å². The molecular formula is C12H15FN2O. The molecular weight excluding hydrogens is 207 g/mol. The molecule has 1 aliphatic carbocycles. The molecule has 86 valence electrons. The quantitative estimate of drug-likeness (QED) is 0.819. The van der Waals surface area contributed by atoms with Gasteiger partial charge in [-0.05, 0) is 37.5 Å². The number of nitrogens with one attached hydrogen (secondary N) is 1. The molecule has 0 atom stereocenters. The van der Waals surface area contributed by atoms with Gasteiger partial charge in [-0.25, -0.2) is 4.39 Å². The van der Waals surface area contributed by atoms with Crippen LogP contribution >= 0.6 is 0 Å². The number of hydrogen-bond donors (Lipinski definition) is 2. The van der Waals surface area contributed by atoms with Crippen LogP contribution in [0.2, 0.25) is 0 Å². The van der Waals surface area contributed by atoms with Gasteiger partial charge in [0.25, 0.3) is 0 Å². The summed E-state index contributed by atoms with van der Waals surface area (Å²) in [5.41, 5.74) is 6.53. The van der Waals surface area contributed by atoms with Crippen LogP contribution in [0.25, 0.3) is 0 Å². The summed E-state index contributed by atoms with van der Waals surface area (Å²) in [4.78, 5) is 11.9. The van der Waals surface area contributed by atoms with Gasteiger partial charge in [0.1, 0.15) is 5.82 Å². The summed E-state index contributed by atoms with van der Waals surface area (Å²) in [5.74, 6) is -0.442. The number of aryl methyl sites for hydroxylation is 1. The average molecular weight is 222 g/mol. The van der Waals surface area contributed by atoms with Gasteiger partial charge in [0.15, 0.2) is 0 Å². The molecule has 0 saturated heterocycles. The van der Waals surface area contributed by atoms with Gasteiger partial charge in [-0.1, -0.05) is 6.07 Å². The summed E-state index contributed by atoms with van der Waals surface area (Å²) in [7, 11) is 0. The fourth-order valence-electron chi connectivity index (χ4n) is 1.66. The van der Waals surface area contributed by atoms with E-state index < -0.39 is 5.41 Å². The zero-order valence-electron chi connectivity index (χ0n) is 9.22. The van der Waals surface area contributed by atoms with Crippen LogP contribution in [0.4, 0.5) is 10.1 Å². The fraction of sp³-hybridized carbons (Fsp3) is 0.417. The summed E-state index contributed by atoms with van der Waals surface area (Å²) >= 11 is 0. The van der Waals surface area contributed by atoms with Crippen molar-refractivity contribution in [2.24, 2.45) is 11.1 Å². The number of hydrogen-bond acceptors (Lipinski definition) is 2. The maximum atomic E-state index is 13.0. The Bertz CT molecular complexity index is 427. The molecule has 1 aromatic rings. The van der Waals surface area contributed by atoms with E-state index in [0.29, 0.717) is 12.2 Å². The first kappa shape index (κ1) is 11.1. The van der Waals surface area contributed by atoms with E-state index in [1.165, 1.54) is 12.1 Å². The molecule has 3 nitrogen and oxygen atoms in total. The Labute approximate surface area is 93.8 Å². The van der Waals surface area contributed by atoms with Crippen LogP contribution in [0, 0.1) is 18.2 Å².